The molecule has 0 saturated carbocycles. The molecular formula is C23H33N3. The highest BCUT2D eigenvalue weighted by Crippen LogP contribution is 2.38. The summed E-state index contributed by atoms with van der Waals surface area (Å²) in [6.07, 6.45) is 4.68. The Bertz CT molecular complexity index is 800. The molecule has 3 nitrogen and oxygen atoms in total. The van der Waals surface area contributed by atoms with E-state index in [2.05, 4.69) is 107 Å². The molecule has 2 aromatic rings. The first-order chi connectivity index (χ1) is 12.2. The maximum atomic E-state index is 2.49. The predicted octanol–water partition coefficient (Wildman–Crippen LogP) is 5.91. The van der Waals surface area contributed by atoms with Crippen LogP contribution in [0.2, 0.25) is 0 Å². The van der Waals surface area contributed by atoms with Crippen molar-refractivity contribution in [1.82, 2.24) is 9.47 Å². The van der Waals surface area contributed by atoms with E-state index in [1.54, 1.807) is 0 Å². The Kier molecular flexibility index (Phi) is 4.92. The van der Waals surface area contributed by atoms with E-state index in [4.69, 9.17) is 0 Å². The monoisotopic (exact) mass is 351 g/mol. The van der Waals surface area contributed by atoms with Gasteiger partial charge in [-0.3, -0.25) is 4.57 Å². The van der Waals surface area contributed by atoms with Crippen molar-refractivity contribution < 1.29 is 0 Å². The lowest BCUT2D eigenvalue weighted by Gasteiger charge is -2.31. The quantitative estimate of drug-likeness (QED) is 0.678. The summed E-state index contributed by atoms with van der Waals surface area (Å²) < 4.78 is 2.49. The van der Waals surface area contributed by atoms with Crippen LogP contribution in [0.1, 0.15) is 68.8 Å². The van der Waals surface area contributed by atoms with Gasteiger partial charge in [0.2, 0.25) is 0 Å². The van der Waals surface area contributed by atoms with Crippen LogP contribution in [0, 0.1) is 13.8 Å². The van der Waals surface area contributed by atoms with Crippen LogP contribution >= 0.6 is 0 Å². The number of anilines is 1. The maximum absolute atomic E-state index is 2.49. The van der Waals surface area contributed by atoms with Crippen LogP contribution in [0.15, 0.2) is 36.7 Å². The van der Waals surface area contributed by atoms with Gasteiger partial charge in [-0.1, -0.05) is 45.9 Å². The third-order valence-electron chi connectivity index (χ3n) is 5.61. The molecule has 0 saturated heterocycles. The van der Waals surface area contributed by atoms with Gasteiger partial charge in [0.15, 0.2) is 0 Å². The summed E-state index contributed by atoms with van der Waals surface area (Å²) in [5, 5.41) is 0. The van der Waals surface area contributed by atoms with Crippen molar-refractivity contribution >= 4 is 5.82 Å². The molecule has 2 heterocycles. The van der Waals surface area contributed by atoms with Gasteiger partial charge in [-0.2, -0.15) is 0 Å². The largest absolute Gasteiger partial charge is 0.359 e. The number of aromatic nitrogens is 1. The van der Waals surface area contributed by atoms with Crippen LogP contribution in [0.4, 0.5) is 5.82 Å². The zero-order chi connectivity index (χ0) is 19.2. The molecule has 1 aromatic heterocycles. The lowest BCUT2D eigenvalue weighted by Crippen LogP contribution is -2.35. The van der Waals surface area contributed by atoms with E-state index in [9.17, 15) is 0 Å². The molecule has 0 fully saturated rings. The molecular weight excluding hydrogens is 318 g/mol. The summed E-state index contributed by atoms with van der Waals surface area (Å²) in [6, 6.07) is 9.11. The van der Waals surface area contributed by atoms with Gasteiger partial charge in [0.05, 0.1) is 5.69 Å². The normalized spacial score (nSPS) is 17.2. The van der Waals surface area contributed by atoms with Crippen molar-refractivity contribution in [3.05, 3.63) is 59.0 Å². The Morgan fingerprint density at radius 3 is 1.96 bits per heavy atom. The van der Waals surface area contributed by atoms with Gasteiger partial charge in [-0.25, -0.2) is 0 Å². The third-order valence-corrected chi connectivity index (χ3v) is 5.61. The Hall–Kier alpha value is -2.16. The second-order valence-electron chi connectivity index (χ2n) is 8.22. The molecule has 3 heteroatoms. The molecule has 1 aliphatic rings. The molecule has 3 rings (SSSR count). The highest BCUT2D eigenvalue weighted by Gasteiger charge is 2.28. The van der Waals surface area contributed by atoms with E-state index in [-0.39, 0.29) is 0 Å². The molecule has 1 aromatic carbocycles. The fourth-order valence-electron chi connectivity index (χ4n) is 4.03. The number of nitrogens with zero attached hydrogens (tertiary/aromatic N) is 3. The van der Waals surface area contributed by atoms with Crippen LogP contribution in [0.25, 0.3) is 5.69 Å². The summed E-state index contributed by atoms with van der Waals surface area (Å²) in [5.74, 6) is 2.24. The molecule has 0 radical (unpaired) electrons. The van der Waals surface area contributed by atoms with E-state index >= 15 is 0 Å². The Balaban J connectivity index is 2.31. The molecule has 140 valence electrons. The molecule has 0 amide bonds. The smallest absolute Gasteiger partial charge is 0.122 e. The van der Waals surface area contributed by atoms with Crippen LogP contribution in [0.5, 0.6) is 0 Å². The fourth-order valence-corrected chi connectivity index (χ4v) is 4.03. The van der Waals surface area contributed by atoms with Gasteiger partial charge in [-0.15, -0.1) is 0 Å². The summed E-state index contributed by atoms with van der Waals surface area (Å²) in [6.45, 7) is 15.9. The summed E-state index contributed by atoms with van der Waals surface area (Å²) in [5.41, 5.74) is 6.82. The van der Waals surface area contributed by atoms with Crippen molar-refractivity contribution in [1.29, 1.82) is 0 Å². The first-order valence-electron chi connectivity index (χ1n) is 9.74. The molecule has 1 atom stereocenters. The topological polar surface area (TPSA) is 11.4 Å². The van der Waals surface area contributed by atoms with E-state index in [1.807, 2.05) is 0 Å². The van der Waals surface area contributed by atoms with Crippen molar-refractivity contribution in [3.8, 4) is 5.69 Å². The second-order valence-corrected chi connectivity index (χ2v) is 8.22. The van der Waals surface area contributed by atoms with Gasteiger partial charge < -0.3 is 9.80 Å². The van der Waals surface area contributed by atoms with E-state index in [1.165, 1.54) is 33.9 Å². The Morgan fingerprint density at radius 1 is 0.923 bits per heavy atom. The molecule has 26 heavy (non-hydrogen) atoms. The maximum Gasteiger partial charge on any atom is 0.122 e. The van der Waals surface area contributed by atoms with Gasteiger partial charge in [0.25, 0.3) is 0 Å². The standard InChI is InChI=1S/C23H33N3/c1-15(2)20-10-9-11-21(16(3)4)22(20)26-18(6)14-17(5)23(26)25-13-12-24(8)19(25)7/h9-16,19H,1-8H3/t19-/m0/s1. The zero-order valence-electron chi connectivity index (χ0n) is 17.5. The molecule has 0 aliphatic carbocycles. The Morgan fingerprint density at radius 2 is 1.50 bits per heavy atom. The van der Waals surface area contributed by atoms with Crippen molar-refractivity contribution in [2.24, 2.45) is 0 Å². The highest BCUT2D eigenvalue weighted by molar-refractivity contribution is 5.64. The van der Waals surface area contributed by atoms with Crippen molar-refractivity contribution in [2.45, 2.75) is 66.5 Å². The third kappa shape index (κ3) is 2.94. The minimum Gasteiger partial charge on any atom is -0.359 e. The van der Waals surface area contributed by atoms with E-state index in [0.717, 1.165) is 0 Å². The van der Waals surface area contributed by atoms with Crippen LogP contribution in [-0.2, 0) is 0 Å². The first kappa shape index (κ1) is 18.6. The lowest BCUT2D eigenvalue weighted by atomic mass is 9.92. The summed E-state index contributed by atoms with van der Waals surface area (Å²) in [4.78, 5) is 4.65. The first-order valence-corrected chi connectivity index (χ1v) is 9.74. The van der Waals surface area contributed by atoms with E-state index in [0.29, 0.717) is 18.0 Å². The van der Waals surface area contributed by atoms with E-state index < -0.39 is 0 Å². The molecule has 0 bridgehead atoms. The van der Waals surface area contributed by atoms with Crippen LogP contribution < -0.4 is 4.90 Å². The number of rotatable bonds is 4. The minimum atomic E-state index is 0.315. The number of para-hydroxylation sites is 1. The van der Waals surface area contributed by atoms with Crippen molar-refractivity contribution in [3.63, 3.8) is 0 Å². The van der Waals surface area contributed by atoms with Gasteiger partial charge in [-0.05, 0) is 55.4 Å². The zero-order valence-corrected chi connectivity index (χ0v) is 17.5. The average molecular weight is 352 g/mol. The number of hydrogen-bond donors (Lipinski definition) is 0. The molecule has 1 aliphatic heterocycles. The average Bonchev–Trinajstić information content (AvgIpc) is 3.05. The van der Waals surface area contributed by atoms with Gasteiger partial charge in [0, 0.05) is 25.1 Å². The predicted molar refractivity (Wildman–Crippen MR) is 112 cm³/mol. The minimum absolute atomic E-state index is 0.315. The summed E-state index contributed by atoms with van der Waals surface area (Å²) >= 11 is 0. The molecule has 0 unspecified atom stereocenters. The number of benzene rings is 1. The highest BCUT2D eigenvalue weighted by atomic mass is 15.4. The fraction of sp³-hybridized carbons (Fsp3) is 0.478. The second kappa shape index (κ2) is 6.86. The Labute approximate surface area is 158 Å². The molecule has 0 N–H and O–H groups in total. The van der Waals surface area contributed by atoms with Crippen LogP contribution in [0.3, 0.4) is 0 Å². The number of aryl methyl sites for hydroxylation is 2. The molecule has 0 spiro atoms. The lowest BCUT2D eigenvalue weighted by molar-refractivity contribution is 0.381. The van der Waals surface area contributed by atoms with Gasteiger partial charge >= 0.3 is 0 Å². The van der Waals surface area contributed by atoms with Gasteiger partial charge in [0.1, 0.15) is 12.0 Å². The summed E-state index contributed by atoms with van der Waals surface area (Å²) in [7, 11) is 2.14. The van der Waals surface area contributed by atoms with Crippen LogP contribution in [-0.4, -0.2) is 22.7 Å². The number of hydrogen-bond acceptors (Lipinski definition) is 2. The van der Waals surface area contributed by atoms with Crippen molar-refractivity contribution in [2.75, 3.05) is 11.9 Å². The SMILES string of the molecule is Cc1cc(C)n(-c2c(C(C)C)cccc2C(C)C)c1N1C=CN(C)[C@@H]1C.